The van der Waals surface area contributed by atoms with Crippen LogP contribution in [0.25, 0.3) is 0 Å². The van der Waals surface area contributed by atoms with Gasteiger partial charge >= 0.3 is 0 Å². The van der Waals surface area contributed by atoms with Crippen LogP contribution in [0.15, 0.2) is 0 Å². The van der Waals surface area contributed by atoms with Gasteiger partial charge < -0.3 is 10.4 Å². The lowest BCUT2D eigenvalue weighted by Gasteiger charge is -2.24. The molecule has 0 amide bonds. The molecule has 4 heteroatoms. The Bertz CT molecular complexity index is 163. The van der Waals surface area contributed by atoms with Gasteiger partial charge in [0.05, 0.1) is 6.61 Å². The molecule has 0 bridgehead atoms. The van der Waals surface area contributed by atoms with Crippen LogP contribution in [0.5, 0.6) is 0 Å². The number of thioether (sulfide) groups is 1. The number of hydrogen-bond donors (Lipinski definition) is 2. The number of aliphatic hydroxyl groups is 1. The van der Waals surface area contributed by atoms with Gasteiger partial charge in [0.1, 0.15) is 0 Å². The minimum absolute atomic E-state index is 0.285. The minimum Gasteiger partial charge on any atom is -0.395 e. The topological polar surface area (TPSA) is 35.5 Å². The first kappa shape index (κ1) is 14.3. The Morgan fingerprint density at radius 3 is 2.94 bits per heavy atom. The van der Waals surface area contributed by atoms with E-state index >= 15 is 0 Å². The summed E-state index contributed by atoms with van der Waals surface area (Å²) in [5.41, 5.74) is 0. The highest BCUT2D eigenvalue weighted by atomic mass is 32.2. The number of nitrogens with zero attached hydrogens (tertiary/aromatic N) is 1. The van der Waals surface area contributed by atoms with Crippen molar-refractivity contribution in [3.05, 3.63) is 0 Å². The van der Waals surface area contributed by atoms with E-state index in [1.807, 2.05) is 11.8 Å². The van der Waals surface area contributed by atoms with Gasteiger partial charge in [0, 0.05) is 19.1 Å². The van der Waals surface area contributed by atoms with Crippen LogP contribution in [-0.2, 0) is 0 Å². The summed E-state index contributed by atoms with van der Waals surface area (Å²) in [6.07, 6.45) is 3.85. The molecule has 1 unspecified atom stereocenters. The third-order valence-corrected chi connectivity index (χ3v) is 4.01. The Morgan fingerprint density at radius 2 is 2.31 bits per heavy atom. The highest BCUT2D eigenvalue weighted by molar-refractivity contribution is 7.99. The van der Waals surface area contributed by atoms with E-state index in [4.69, 9.17) is 5.11 Å². The molecule has 1 fully saturated rings. The van der Waals surface area contributed by atoms with Crippen molar-refractivity contribution < 1.29 is 5.11 Å². The molecular weight excluding hydrogens is 220 g/mol. The average Bonchev–Trinajstić information content (AvgIpc) is 2.77. The molecule has 0 radical (unpaired) electrons. The van der Waals surface area contributed by atoms with Crippen LogP contribution < -0.4 is 5.32 Å². The predicted molar refractivity (Wildman–Crippen MR) is 72.2 cm³/mol. The highest BCUT2D eigenvalue weighted by Crippen LogP contribution is 2.08. The Labute approximate surface area is 104 Å². The first-order chi connectivity index (χ1) is 7.86. The van der Waals surface area contributed by atoms with Gasteiger partial charge in [-0.15, -0.1) is 0 Å². The zero-order valence-electron chi connectivity index (χ0n) is 10.5. The zero-order chi connectivity index (χ0) is 11.6. The van der Waals surface area contributed by atoms with E-state index in [-0.39, 0.29) is 6.61 Å². The van der Waals surface area contributed by atoms with Crippen LogP contribution in [0, 0.1) is 0 Å². The quantitative estimate of drug-likeness (QED) is 0.599. The summed E-state index contributed by atoms with van der Waals surface area (Å²) in [7, 11) is 0. The van der Waals surface area contributed by atoms with Crippen molar-refractivity contribution in [2.24, 2.45) is 0 Å². The largest absolute Gasteiger partial charge is 0.395 e. The molecule has 0 aromatic rings. The summed E-state index contributed by atoms with van der Waals surface area (Å²) >= 11 is 2.01. The molecule has 3 nitrogen and oxygen atoms in total. The van der Waals surface area contributed by atoms with Crippen molar-refractivity contribution in [1.29, 1.82) is 0 Å². The second-order valence-corrected chi connectivity index (χ2v) is 5.76. The van der Waals surface area contributed by atoms with E-state index in [1.54, 1.807) is 0 Å². The molecule has 1 aliphatic rings. The maximum atomic E-state index is 9.05. The van der Waals surface area contributed by atoms with E-state index in [2.05, 4.69) is 17.1 Å². The summed E-state index contributed by atoms with van der Waals surface area (Å²) in [6.45, 7) is 6.73. The summed E-state index contributed by atoms with van der Waals surface area (Å²) in [5, 5.41) is 12.6. The summed E-state index contributed by atoms with van der Waals surface area (Å²) in [5.74, 6) is 2.46. The van der Waals surface area contributed by atoms with Crippen LogP contribution in [0.3, 0.4) is 0 Å². The lowest BCUT2D eigenvalue weighted by atomic mass is 10.2. The molecule has 0 saturated carbocycles. The Morgan fingerprint density at radius 1 is 1.44 bits per heavy atom. The zero-order valence-corrected chi connectivity index (χ0v) is 11.3. The summed E-state index contributed by atoms with van der Waals surface area (Å²) in [4.78, 5) is 2.40. The molecule has 0 spiro atoms. The van der Waals surface area contributed by atoms with Crippen LogP contribution in [0.2, 0.25) is 0 Å². The van der Waals surface area contributed by atoms with Crippen LogP contribution in [-0.4, -0.2) is 60.3 Å². The molecule has 2 N–H and O–H groups in total. The molecular formula is C12H26N2OS. The van der Waals surface area contributed by atoms with E-state index in [9.17, 15) is 0 Å². The molecule has 1 rings (SSSR count). The van der Waals surface area contributed by atoms with Gasteiger partial charge in [0.2, 0.25) is 0 Å². The van der Waals surface area contributed by atoms with Gasteiger partial charge in [-0.1, -0.05) is 6.92 Å². The van der Waals surface area contributed by atoms with Crippen molar-refractivity contribution in [2.75, 3.05) is 44.3 Å². The van der Waals surface area contributed by atoms with Gasteiger partial charge in [0.15, 0.2) is 0 Å². The lowest BCUT2D eigenvalue weighted by molar-refractivity contribution is 0.185. The molecule has 0 aromatic carbocycles. The van der Waals surface area contributed by atoms with Crippen LogP contribution >= 0.6 is 11.8 Å². The number of nitrogens with one attached hydrogen (secondary N) is 1. The Balaban J connectivity index is 2.12. The number of rotatable bonds is 9. The average molecular weight is 246 g/mol. The summed E-state index contributed by atoms with van der Waals surface area (Å²) in [6, 6.07) is 0.658. The molecule has 96 valence electrons. The number of hydrogen-bond acceptors (Lipinski definition) is 4. The SMILES string of the molecule is CCSCCCN(CCO)CC1CCCN1. The smallest absolute Gasteiger partial charge is 0.0558 e. The fourth-order valence-electron chi connectivity index (χ4n) is 2.19. The van der Waals surface area contributed by atoms with Crippen molar-refractivity contribution in [1.82, 2.24) is 10.2 Å². The summed E-state index contributed by atoms with van der Waals surface area (Å²) < 4.78 is 0. The van der Waals surface area contributed by atoms with E-state index in [0.29, 0.717) is 6.04 Å². The van der Waals surface area contributed by atoms with E-state index in [1.165, 1.54) is 37.3 Å². The van der Waals surface area contributed by atoms with Crippen LogP contribution in [0.4, 0.5) is 0 Å². The third-order valence-electron chi connectivity index (χ3n) is 3.02. The standard InChI is InChI=1S/C12H26N2OS/c1-2-16-10-4-7-14(8-9-15)11-12-5-3-6-13-12/h12-13,15H,2-11H2,1H3. The van der Waals surface area contributed by atoms with Gasteiger partial charge in [-0.05, 0) is 43.9 Å². The van der Waals surface area contributed by atoms with Gasteiger partial charge in [-0.25, -0.2) is 0 Å². The fraction of sp³-hybridized carbons (Fsp3) is 1.00. The van der Waals surface area contributed by atoms with Crippen LogP contribution in [0.1, 0.15) is 26.2 Å². The monoisotopic (exact) mass is 246 g/mol. The molecule has 1 heterocycles. The van der Waals surface area contributed by atoms with Crippen molar-refractivity contribution in [3.8, 4) is 0 Å². The fourth-order valence-corrected chi connectivity index (χ4v) is 2.82. The maximum Gasteiger partial charge on any atom is 0.0558 e. The van der Waals surface area contributed by atoms with Gasteiger partial charge in [-0.3, -0.25) is 4.90 Å². The van der Waals surface area contributed by atoms with E-state index < -0.39 is 0 Å². The first-order valence-electron chi connectivity index (χ1n) is 6.51. The van der Waals surface area contributed by atoms with Gasteiger partial charge in [-0.2, -0.15) is 11.8 Å². The maximum absolute atomic E-state index is 9.05. The Kier molecular flexibility index (Phi) is 8.29. The van der Waals surface area contributed by atoms with E-state index in [0.717, 1.165) is 19.6 Å². The second-order valence-electron chi connectivity index (χ2n) is 4.37. The molecule has 1 saturated heterocycles. The Hall–Kier alpha value is 0.230. The predicted octanol–water partition coefficient (Wildman–Crippen LogP) is 1.18. The molecule has 1 atom stereocenters. The molecule has 0 aliphatic carbocycles. The minimum atomic E-state index is 0.285. The number of aliphatic hydroxyl groups excluding tert-OH is 1. The first-order valence-corrected chi connectivity index (χ1v) is 7.66. The third kappa shape index (κ3) is 6.09. The van der Waals surface area contributed by atoms with Crippen molar-refractivity contribution >= 4 is 11.8 Å². The second kappa shape index (κ2) is 9.28. The molecule has 0 aromatic heterocycles. The van der Waals surface area contributed by atoms with Gasteiger partial charge in [0.25, 0.3) is 0 Å². The normalized spacial score (nSPS) is 20.8. The lowest BCUT2D eigenvalue weighted by Crippen LogP contribution is -2.39. The molecule has 16 heavy (non-hydrogen) atoms. The molecule has 1 aliphatic heterocycles. The van der Waals surface area contributed by atoms with Crippen molar-refractivity contribution in [3.63, 3.8) is 0 Å². The van der Waals surface area contributed by atoms with Crippen molar-refractivity contribution in [2.45, 2.75) is 32.2 Å². The highest BCUT2D eigenvalue weighted by Gasteiger charge is 2.17.